The second-order valence-corrected chi connectivity index (χ2v) is 2.96. The zero-order chi connectivity index (χ0) is 8.53. The molecule has 0 bridgehead atoms. The lowest BCUT2D eigenvalue weighted by Gasteiger charge is -1.94. The molecule has 0 unspecified atom stereocenters. The normalized spacial score (nSPS) is 10.7. The van der Waals surface area contributed by atoms with Crippen molar-refractivity contribution in [3.63, 3.8) is 0 Å². The Kier molecular flexibility index (Phi) is 6.82. The molecule has 0 aliphatic heterocycles. The molecule has 0 aromatic carbocycles. The second-order valence-electron chi connectivity index (χ2n) is 2.96. The predicted octanol–water partition coefficient (Wildman–Crippen LogP) is 2.52. The van der Waals surface area contributed by atoms with E-state index in [4.69, 9.17) is 6.42 Å². The molecule has 0 heterocycles. The van der Waals surface area contributed by atoms with Crippen LogP contribution in [0.5, 0.6) is 0 Å². The molecule has 0 rings (SSSR count). The summed E-state index contributed by atoms with van der Waals surface area (Å²) in [6, 6.07) is 0. The third kappa shape index (κ3) is 9.23. The molecule has 0 atom stereocenters. The molecule has 0 aliphatic carbocycles. The minimum Gasteiger partial charge on any atom is -0.297 e. The Morgan fingerprint density at radius 1 is 1.45 bits per heavy atom. The van der Waals surface area contributed by atoms with Gasteiger partial charge in [-0.15, -0.1) is 12.3 Å². The molecule has 0 aromatic heterocycles. The van der Waals surface area contributed by atoms with Crippen LogP contribution in [-0.4, -0.2) is 12.8 Å². The Morgan fingerprint density at radius 3 is 2.73 bits per heavy atom. The van der Waals surface area contributed by atoms with Crippen LogP contribution in [0.25, 0.3) is 0 Å². The molecule has 0 fully saturated rings. The molecular weight excluding hydrogens is 134 g/mol. The largest absolute Gasteiger partial charge is 0.297 e. The first-order valence-corrected chi connectivity index (χ1v) is 4.20. The van der Waals surface area contributed by atoms with E-state index < -0.39 is 0 Å². The molecule has 0 aliphatic rings. The summed E-state index contributed by atoms with van der Waals surface area (Å²) in [4.78, 5) is 4.25. The molecule has 62 valence electrons. The monoisotopic (exact) mass is 151 g/mol. The maximum atomic E-state index is 5.10. The van der Waals surface area contributed by atoms with E-state index in [0.29, 0.717) is 5.92 Å². The van der Waals surface area contributed by atoms with Crippen LogP contribution in [0.2, 0.25) is 0 Å². The maximum Gasteiger partial charge on any atom is 0.0385 e. The van der Waals surface area contributed by atoms with Crippen LogP contribution in [0.3, 0.4) is 0 Å². The van der Waals surface area contributed by atoms with Crippen molar-refractivity contribution < 1.29 is 0 Å². The van der Waals surface area contributed by atoms with Crippen molar-refractivity contribution in [1.82, 2.24) is 0 Å². The number of rotatable bonds is 5. The van der Waals surface area contributed by atoms with E-state index in [2.05, 4.69) is 24.8 Å². The number of aliphatic imine (C=N–C) groups is 1. The van der Waals surface area contributed by atoms with Crippen LogP contribution in [0.15, 0.2) is 4.99 Å². The summed E-state index contributed by atoms with van der Waals surface area (Å²) in [6.45, 7) is 5.19. The summed E-state index contributed by atoms with van der Waals surface area (Å²) < 4.78 is 0. The highest BCUT2D eigenvalue weighted by molar-refractivity contribution is 5.59. The lowest BCUT2D eigenvalue weighted by Crippen LogP contribution is -1.89. The van der Waals surface area contributed by atoms with Gasteiger partial charge in [0, 0.05) is 19.2 Å². The highest BCUT2D eigenvalue weighted by Crippen LogP contribution is 1.94. The third-order valence-electron chi connectivity index (χ3n) is 1.26. The Balaban J connectivity index is 3.09. The molecule has 0 saturated carbocycles. The minimum absolute atomic E-state index is 0.572. The molecular formula is C10H17N. The van der Waals surface area contributed by atoms with Gasteiger partial charge < -0.3 is 0 Å². The van der Waals surface area contributed by atoms with E-state index in [0.717, 1.165) is 25.8 Å². The van der Waals surface area contributed by atoms with Gasteiger partial charge in [-0.1, -0.05) is 13.8 Å². The van der Waals surface area contributed by atoms with Crippen molar-refractivity contribution in [3.8, 4) is 12.3 Å². The van der Waals surface area contributed by atoms with Crippen LogP contribution < -0.4 is 0 Å². The van der Waals surface area contributed by atoms with E-state index in [-0.39, 0.29) is 0 Å². The average Bonchev–Trinajstić information content (AvgIpc) is 1.96. The topological polar surface area (TPSA) is 12.4 Å². The van der Waals surface area contributed by atoms with E-state index in [1.165, 1.54) is 0 Å². The molecule has 0 N–H and O–H groups in total. The zero-order valence-electron chi connectivity index (χ0n) is 7.51. The van der Waals surface area contributed by atoms with Crippen molar-refractivity contribution in [2.75, 3.05) is 6.54 Å². The van der Waals surface area contributed by atoms with Gasteiger partial charge >= 0.3 is 0 Å². The molecule has 1 nitrogen and oxygen atoms in total. The first-order chi connectivity index (χ1) is 5.27. The molecule has 0 aromatic rings. The van der Waals surface area contributed by atoms with Crippen LogP contribution >= 0.6 is 0 Å². The average molecular weight is 151 g/mol. The fraction of sp³-hybridized carbons (Fsp3) is 0.700. The maximum absolute atomic E-state index is 5.10. The molecule has 0 spiro atoms. The minimum atomic E-state index is 0.572. The van der Waals surface area contributed by atoms with Crippen molar-refractivity contribution in [2.45, 2.75) is 33.1 Å². The van der Waals surface area contributed by atoms with Gasteiger partial charge in [-0.25, -0.2) is 0 Å². The summed E-state index contributed by atoms with van der Waals surface area (Å²) in [7, 11) is 0. The highest BCUT2D eigenvalue weighted by atomic mass is 14.7. The van der Waals surface area contributed by atoms with Gasteiger partial charge in [0.05, 0.1) is 0 Å². The Bertz CT molecular complexity index is 139. The van der Waals surface area contributed by atoms with E-state index in [1.807, 2.05) is 6.21 Å². The van der Waals surface area contributed by atoms with Crippen LogP contribution in [0.4, 0.5) is 0 Å². The van der Waals surface area contributed by atoms with E-state index in [9.17, 15) is 0 Å². The predicted molar refractivity (Wildman–Crippen MR) is 50.9 cm³/mol. The summed E-state index contributed by atoms with van der Waals surface area (Å²) >= 11 is 0. The van der Waals surface area contributed by atoms with Gasteiger partial charge in [0.15, 0.2) is 0 Å². The zero-order valence-corrected chi connectivity index (χ0v) is 7.51. The van der Waals surface area contributed by atoms with E-state index in [1.54, 1.807) is 0 Å². The third-order valence-corrected chi connectivity index (χ3v) is 1.26. The van der Waals surface area contributed by atoms with Crippen LogP contribution in [0, 0.1) is 18.3 Å². The second kappa shape index (κ2) is 7.34. The van der Waals surface area contributed by atoms with Crippen LogP contribution in [-0.2, 0) is 0 Å². The Labute approximate surface area is 69.9 Å². The summed E-state index contributed by atoms with van der Waals surface area (Å²) in [5.74, 6) is 3.19. The Morgan fingerprint density at radius 2 is 2.18 bits per heavy atom. The molecule has 0 saturated heterocycles. The lowest BCUT2D eigenvalue weighted by molar-refractivity contribution is 0.764. The molecule has 0 radical (unpaired) electrons. The summed E-state index contributed by atoms with van der Waals surface area (Å²) in [5, 5.41) is 0. The Hall–Kier alpha value is -0.770. The van der Waals surface area contributed by atoms with Gasteiger partial charge in [-0.05, 0) is 18.8 Å². The van der Waals surface area contributed by atoms with Gasteiger partial charge in [0.25, 0.3) is 0 Å². The molecule has 0 amide bonds. The standard InChI is InChI=1S/C10H17N/c1-4-5-6-7-8-11-9-10(2)3/h1,9-10H,5-8H2,2-3H3. The van der Waals surface area contributed by atoms with Gasteiger partial charge in [-0.3, -0.25) is 4.99 Å². The van der Waals surface area contributed by atoms with Crippen molar-refractivity contribution in [1.29, 1.82) is 0 Å². The lowest BCUT2D eigenvalue weighted by atomic mass is 10.2. The fourth-order valence-corrected chi connectivity index (χ4v) is 0.716. The van der Waals surface area contributed by atoms with Crippen molar-refractivity contribution in [3.05, 3.63) is 0 Å². The van der Waals surface area contributed by atoms with Gasteiger partial charge in [0.1, 0.15) is 0 Å². The SMILES string of the molecule is C#CCCCCN=CC(C)C. The fourth-order valence-electron chi connectivity index (χ4n) is 0.716. The molecule has 11 heavy (non-hydrogen) atoms. The summed E-state index contributed by atoms with van der Waals surface area (Å²) in [5.41, 5.74) is 0. The van der Waals surface area contributed by atoms with Crippen molar-refractivity contribution >= 4 is 6.21 Å². The number of nitrogens with zero attached hydrogens (tertiary/aromatic N) is 1. The summed E-state index contributed by atoms with van der Waals surface area (Å²) in [6.07, 6.45) is 10.2. The number of hydrogen-bond acceptors (Lipinski definition) is 1. The number of unbranched alkanes of at least 4 members (excludes halogenated alkanes) is 2. The van der Waals surface area contributed by atoms with E-state index >= 15 is 0 Å². The first-order valence-electron chi connectivity index (χ1n) is 4.20. The number of terminal acetylenes is 1. The van der Waals surface area contributed by atoms with Crippen molar-refractivity contribution in [2.24, 2.45) is 10.9 Å². The van der Waals surface area contributed by atoms with Crippen LogP contribution in [0.1, 0.15) is 33.1 Å². The number of hydrogen-bond donors (Lipinski definition) is 0. The van der Waals surface area contributed by atoms with Gasteiger partial charge in [-0.2, -0.15) is 0 Å². The smallest absolute Gasteiger partial charge is 0.0385 e. The molecule has 1 heteroatoms. The quantitative estimate of drug-likeness (QED) is 0.325. The highest BCUT2D eigenvalue weighted by Gasteiger charge is 1.85. The first kappa shape index (κ1) is 10.2. The van der Waals surface area contributed by atoms with Gasteiger partial charge in [0.2, 0.25) is 0 Å².